The Labute approximate surface area is 209 Å². The average molecular weight is 501 g/mol. The summed E-state index contributed by atoms with van der Waals surface area (Å²) in [6.07, 6.45) is 4.93. The van der Waals surface area contributed by atoms with Crippen molar-refractivity contribution in [1.82, 2.24) is 34.7 Å². The zero-order valence-corrected chi connectivity index (χ0v) is 19.5. The minimum atomic E-state index is -0.586. The van der Waals surface area contributed by atoms with Crippen LogP contribution in [0.1, 0.15) is 33.4 Å². The van der Waals surface area contributed by atoms with Crippen LogP contribution in [0.4, 0.5) is 10.1 Å². The number of carbonyl (C=O) groups is 1. The molecule has 2 aliphatic rings. The van der Waals surface area contributed by atoms with Gasteiger partial charge in [0.25, 0.3) is 5.91 Å². The molecule has 1 unspecified atom stereocenters. The Morgan fingerprint density at radius 1 is 1.00 bits per heavy atom. The van der Waals surface area contributed by atoms with Gasteiger partial charge in [-0.15, -0.1) is 0 Å². The normalized spacial score (nSPS) is 16.8. The van der Waals surface area contributed by atoms with Crippen LogP contribution in [0.15, 0.2) is 61.3 Å². The number of benzene rings is 2. The van der Waals surface area contributed by atoms with Crippen molar-refractivity contribution < 1.29 is 9.18 Å². The largest absolute Gasteiger partial charge is 0.362 e. The van der Waals surface area contributed by atoms with Crippen molar-refractivity contribution in [2.24, 2.45) is 0 Å². The van der Waals surface area contributed by atoms with E-state index in [9.17, 15) is 9.18 Å². The van der Waals surface area contributed by atoms with Gasteiger partial charge >= 0.3 is 0 Å². The number of carbonyl (C=O) groups excluding carboxylic acids is 1. The summed E-state index contributed by atoms with van der Waals surface area (Å²) in [6, 6.07) is 11.4. The van der Waals surface area contributed by atoms with E-state index in [0.717, 1.165) is 33.8 Å². The topological polar surface area (TPSA) is 93.2 Å². The molecule has 5 heterocycles. The molecule has 178 valence electrons. The molecule has 0 aliphatic carbocycles. The van der Waals surface area contributed by atoms with E-state index in [1.807, 2.05) is 29.1 Å². The fourth-order valence-corrected chi connectivity index (χ4v) is 5.29. The van der Waals surface area contributed by atoms with Crippen molar-refractivity contribution in [3.63, 3.8) is 0 Å². The lowest BCUT2D eigenvalue weighted by atomic mass is 9.92. The molecule has 2 aliphatic heterocycles. The van der Waals surface area contributed by atoms with Gasteiger partial charge in [0, 0.05) is 45.7 Å². The van der Waals surface area contributed by atoms with Crippen LogP contribution in [0.3, 0.4) is 0 Å². The second-order valence-electron chi connectivity index (χ2n) is 8.83. The molecule has 0 spiro atoms. The number of fused-ring (bicyclic) bond motifs is 3. The molecule has 7 rings (SSSR count). The SMILES string of the molecule is O=C1NC(c2cc(F)ccc2Cl)c2c1cc(-c1ccc3ncnn3c1)cc2N1CCn2ncnc2C1. The summed E-state index contributed by atoms with van der Waals surface area (Å²) in [5, 5.41) is 11.9. The van der Waals surface area contributed by atoms with Crippen LogP contribution < -0.4 is 10.2 Å². The molecule has 0 saturated heterocycles. The molecule has 0 saturated carbocycles. The Balaban J connectivity index is 1.43. The smallest absolute Gasteiger partial charge is 0.252 e. The quantitative estimate of drug-likeness (QED) is 0.406. The third kappa shape index (κ3) is 3.25. The highest BCUT2D eigenvalue weighted by Gasteiger charge is 2.36. The van der Waals surface area contributed by atoms with Crippen LogP contribution in [-0.4, -0.2) is 41.8 Å². The van der Waals surface area contributed by atoms with Gasteiger partial charge in [-0.25, -0.2) is 23.6 Å². The van der Waals surface area contributed by atoms with Gasteiger partial charge in [0.1, 0.15) is 24.3 Å². The summed E-state index contributed by atoms with van der Waals surface area (Å²) in [5.74, 6) is 0.185. The Bertz CT molecular complexity index is 1680. The van der Waals surface area contributed by atoms with Gasteiger partial charge < -0.3 is 10.2 Å². The first-order valence-electron chi connectivity index (χ1n) is 11.4. The number of halogens is 2. The zero-order chi connectivity index (χ0) is 24.4. The molecule has 1 atom stereocenters. The van der Waals surface area contributed by atoms with Gasteiger partial charge in [-0.05, 0) is 48.0 Å². The summed E-state index contributed by atoms with van der Waals surface area (Å²) < 4.78 is 17.8. The molecule has 3 aromatic heterocycles. The number of rotatable bonds is 3. The molecule has 0 fully saturated rings. The first-order valence-corrected chi connectivity index (χ1v) is 11.8. The second-order valence-corrected chi connectivity index (χ2v) is 9.24. The van der Waals surface area contributed by atoms with Crippen molar-refractivity contribution in [2.45, 2.75) is 19.1 Å². The molecule has 2 aromatic carbocycles. The Hall–Kier alpha value is -4.31. The van der Waals surface area contributed by atoms with Crippen LogP contribution in [0, 0.1) is 5.82 Å². The highest BCUT2D eigenvalue weighted by molar-refractivity contribution is 6.31. The van der Waals surface area contributed by atoms with Crippen molar-refractivity contribution in [3.05, 3.63) is 94.7 Å². The molecule has 5 aromatic rings. The number of hydrogen-bond acceptors (Lipinski definition) is 6. The number of nitrogens with one attached hydrogen (secondary N) is 1. The number of anilines is 1. The fourth-order valence-electron chi connectivity index (χ4n) is 5.06. The van der Waals surface area contributed by atoms with E-state index in [4.69, 9.17) is 11.6 Å². The molecular weight excluding hydrogens is 483 g/mol. The van der Waals surface area contributed by atoms with Crippen molar-refractivity contribution in [1.29, 1.82) is 0 Å². The van der Waals surface area contributed by atoms with Crippen molar-refractivity contribution in [2.75, 3.05) is 11.4 Å². The number of hydrogen-bond donors (Lipinski definition) is 1. The van der Waals surface area contributed by atoms with Crippen LogP contribution >= 0.6 is 11.6 Å². The molecule has 1 amide bonds. The van der Waals surface area contributed by atoms with Gasteiger partial charge in [0.15, 0.2) is 5.65 Å². The Morgan fingerprint density at radius 3 is 2.81 bits per heavy atom. The highest BCUT2D eigenvalue weighted by atomic mass is 35.5. The van der Waals surface area contributed by atoms with Crippen molar-refractivity contribution >= 4 is 28.8 Å². The van der Waals surface area contributed by atoms with E-state index in [1.54, 1.807) is 10.8 Å². The molecule has 11 heteroatoms. The van der Waals surface area contributed by atoms with Gasteiger partial charge in [0.2, 0.25) is 0 Å². The number of aromatic nitrogens is 6. The first kappa shape index (κ1) is 21.0. The predicted molar refractivity (Wildman–Crippen MR) is 130 cm³/mol. The van der Waals surface area contributed by atoms with Gasteiger partial charge in [0.05, 0.1) is 19.1 Å². The maximum Gasteiger partial charge on any atom is 0.252 e. The van der Waals surface area contributed by atoms with E-state index in [1.165, 1.54) is 24.5 Å². The lowest BCUT2D eigenvalue weighted by molar-refractivity contribution is 0.0960. The number of nitrogens with zero attached hydrogens (tertiary/aromatic N) is 7. The van der Waals surface area contributed by atoms with E-state index >= 15 is 0 Å². The minimum Gasteiger partial charge on any atom is -0.362 e. The molecule has 0 radical (unpaired) electrons. The van der Waals surface area contributed by atoms with Crippen LogP contribution in [0.25, 0.3) is 16.8 Å². The van der Waals surface area contributed by atoms with E-state index < -0.39 is 11.9 Å². The Kier molecular flexibility index (Phi) is 4.58. The summed E-state index contributed by atoms with van der Waals surface area (Å²) in [5.41, 5.74) is 5.14. The van der Waals surface area contributed by atoms with Crippen LogP contribution in [0.2, 0.25) is 5.02 Å². The summed E-state index contributed by atoms with van der Waals surface area (Å²) >= 11 is 6.48. The van der Waals surface area contributed by atoms with E-state index in [0.29, 0.717) is 35.8 Å². The number of pyridine rings is 1. The lowest BCUT2D eigenvalue weighted by Crippen LogP contribution is -2.35. The summed E-state index contributed by atoms with van der Waals surface area (Å²) in [4.78, 5) is 24.1. The number of amides is 1. The maximum atomic E-state index is 14.2. The standard InChI is InChI=1S/C25H18ClFN8O/c26-19-3-2-16(27)9-17(19)24-23-18(25(36)32-24)7-15(14-1-4-21-28-12-31-35(21)10-14)8-20(23)33-5-6-34-22(11-33)29-13-30-34/h1-4,7-10,12-13,24H,5-6,11H2,(H,32,36). The Morgan fingerprint density at radius 2 is 1.89 bits per heavy atom. The monoisotopic (exact) mass is 500 g/mol. The van der Waals surface area contributed by atoms with Gasteiger partial charge in [-0.3, -0.25) is 4.79 Å². The van der Waals surface area contributed by atoms with E-state index in [-0.39, 0.29) is 5.91 Å². The first-order chi connectivity index (χ1) is 17.5. The van der Waals surface area contributed by atoms with Crippen LogP contribution in [0.5, 0.6) is 0 Å². The molecule has 1 N–H and O–H groups in total. The molecule has 36 heavy (non-hydrogen) atoms. The van der Waals surface area contributed by atoms with Crippen LogP contribution in [-0.2, 0) is 13.1 Å². The lowest BCUT2D eigenvalue weighted by Gasteiger charge is -2.32. The predicted octanol–water partition coefficient (Wildman–Crippen LogP) is 3.63. The minimum absolute atomic E-state index is 0.236. The molecular formula is C25H18ClFN8O. The van der Waals surface area contributed by atoms with E-state index in [2.05, 4.69) is 36.4 Å². The van der Waals surface area contributed by atoms with Gasteiger partial charge in [-0.2, -0.15) is 10.2 Å². The third-order valence-corrected chi connectivity index (χ3v) is 7.14. The zero-order valence-electron chi connectivity index (χ0n) is 18.8. The maximum absolute atomic E-state index is 14.2. The third-order valence-electron chi connectivity index (χ3n) is 6.79. The molecule has 0 bridgehead atoms. The van der Waals surface area contributed by atoms with Gasteiger partial charge in [-0.1, -0.05) is 11.6 Å². The summed E-state index contributed by atoms with van der Waals surface area (Å²) in [6.45, 7) is 1.86. The fraction of sp³-hybridized carbons (Fsp3) is 0.160. The highest BCUT2D eigenvalue weighted by Crippen LogP contribution is 2.43. The second kappa shape index (κ2) is 7.85. The van der Waals surface area contributed by atoms with Crippen molar-refractivity contribution in [3.8, 4) is 11.1 Å². The molecule has 9 nitrogen and oxygen atoms in total. The summed E-state index contributed by atoms with van der Waals surface area (Å²) in [7, 11) is 0. The average Bonchev–Trinajstić information content (AvgIpc) is 3.63.